The minimum absolute atomic E-state index is 0.0193. The van der Waals surface area contributed by atoms with E-state index in [1.165, 1.54) is 7.11 Å². The maximum atomic E-state index is 11.6. The van der Waals surface area contributed by atoms with Crippen LogP contribution in [-0.4, -0.2) is 32.1 Å². The summed E-state index contributed by atoms with van der Waals surface area (Å²) < 4.78 is 4.68. The van der Waals surface area contributed by atoms with E-state index in [0.29, 0.717) is 19.0 Å². The molecule has 0 spiro atoms. The zero-order valence-electron chi connectivity index (χ0n) is 12.9. The Kier molecular flexibility index (Phi) is 7.46. The summed E-state index contributed by atoms with van der Waals surface area (Å²) in [6.07, 6.45) is 0.244. The molecule has 0 aromatic heterocycles. The third kappa shape index (κ3) is 6.90. The first-order valence-electron chi connectivity index (χ1n) is 7.14. The molecule has 0 bridgehead atoms. The van der Waals surface area contributed by atoms with Gasteiger partial charge in [-0.1, -0.05) is 38.1 Å². The number of nitrogens with one attached hydrogen (secondary N) is 2. The molecule has 0 heterocycles. The standard InChI is InChI=1S/C16H24N2O3/c1-12(2)9-18-15(19)11-17-10-14-7-5-4-6-13(14)8-16(20)21-3/h4-7,12,17H,8-11H2,1-3H3,(H,18,19). The highest BCUT2D eigenvalue weighted by atomic mass is 16.5. The van der Waals surface area contributed by atoms with Gasteiger partial charge in [-0.15, -0.1) is 0 Å². The first-order chi connectivity index (χ1) is 10.0. The number of carbonyl (C=O) groups excluding carboxylic acids is 2. The molecule has 1 rings (SSSR count). The lowest BCUT2D eigenvalue weighted by Gasteiger charge is -2.11. The number of hydrogen-bond donors (Lipinski definition) is 2. The van der Waals surface area contributed by atoms with E-state index in [2.05, 4.69) is 29.2 Å². The number of benzene rings is 1. The fourth-order valence-electron chi connectivity index (χ4n) is 1.82. The molecule has 116 valence electrons. The van der Waals surface area contributed by atoms with Crippen molar-refractivity contribution in [1.29, 1.82) is 0 Å². The van der Waals surface area contributed by atoms with Crippen molar-refractivity contribution in [3.63, 3.8) is 0 Å². The van der Waals surface area contributed by atoms with Gasteiger partial charge in [0.05, 0.1) is 20.1 Å². The Hall–Kier alpha value is -1.88. The van der Waals surface area contributed by atoms with Crippen molar-refractivity contribution in [2.45, 2.75) is 26.8 Å². The van der Waals surface area contributed by atoms with Crippen molar-refractivity contribution in [2.24, 2.45) is 5.92 Å². The van der Waals surface area contributed by atoms with Crippen molar-refractivity contribution in [3.05, 3.63) is 35.4 Å². The molecule has 1 aromatic rings. The summed E-state index contributed by atoms with van der Waals surface area (Å²) >= 11 is 0. The molecule has 0 saturated heterocycles. The predicted molar refractivity (Wildman–Crippen MR) is 81.7 cm³/mol. The monoisotopic (exact) mass is 292 g/mol. The third-order valence-corrected chi connectivity index (χ3v) is 2.99. The molecule has 0 aliphatic heterocycles. The van der Waals surface area contributed by atoms with E-state index in [1.807, 2.05) is 24.3 Å². The van der Waals surface area contributed by atoms with E-state index in [9.17, 15) is 9.59 Å². The van der Waals surface area contributed by atoms with Gasteiger partial charge in [-0.2, -0.15) is 0 Å². The first-order valence-corrected chi connectivity index (χ1v) is 7.14. The van der Waals surface area contributed by atoms with Crippen LogP contribution in [0.25, 0.3) is 0 Å². The highest BCUT2D eigenvalue weighted by Crippen LogP contribution is 2.09. The topological polar surface area (TPSA) is 67.4 Å². The van der Waals surface area contributed by atoms with Crippen LogP contribution in [0.15, 0.2) is 24.3 Å². The molecule has 0 atom stereocenters. The minimum atomic E-state index is -0.267. The summed E-state index contributed by atoms with van der Waals surface area (Å²) in [5.41, 5.74) is 1.92. The number of carbonyl (C=O) groups is 2. The molecule has 5 heteroatoms. The lowest BCUT2D eigenvalue weighted by Crippen LogP contribution is -2.35. The van der Waals surface area contributed by atoms with E-state index in [1.54, 1.807) is 0 Å². The van der Waals surface area contributed by atoms with Crippen LogP contribution in [-0.2, 0) is 27.3 Å². The number of esters is 1. The predicted octanol–water partition coefficient (Wildman–Crippen LogP) is 1.26. The Morgan fingerprint density at radius 3 is 2.48 bits per heavy atom. The Morgan fingerprint density at radius 2 is 1.86 bits per heavy atom. The smallest absolute Gasteiger partial charge is 0.309 e. The average molecular weight is 292 g/mol. The second kappa shape index (κ2) is 9.13. The molecule has 0 radical (unpaired) electrons. The Bertz CT molecular complexity index is 472. The fourth-order valence-corrected chi connectivity index (χ4v) is 1.82. The molecular formula is C16H24N2O3. The largest absolute Gasteiger partial charge is 0.469 e. The molecule has 1 aromatic carbocycles. The quantitative estimate of drug-likeness (QED) is 0.708. The minimum Gasteiger partial charge on any atom is -0.469 e. The van der Waals surface area contributed by atoms with E-state index in [4.69, 9.17) is 0 Å². The lowest BCUT2D eigenvalue weighted by atomic mass is 10.0. The van der Waals surface area contributed by atoms with Crippen LogP contribution in [0, 0.1) is 5.92 Å². The highest BCUT2D eigenvalue weighted by molar-refractivity contribution is 5.78. The Labute approximate surface area is 126 Å². The molecule has 0 aliphatic carbocycles. The van der Waals surface area contributed by atoms with Gasteiger partial charge < -0.3 is 15.4 Å². The van der Waals surface area contributed by atoms with Crippen LogP contribution in [0.4, 0.5) is 0 Å². The van der Waals surface area contributed by atoms with Gasteiger partial charge in [0.2, 0.25) is 5.91 Å². The number of ether oxygens (including phenoxy) is 1. The number of amides is 1. The summed E-state index contributed by atoms with van der Waals surface area (Å²) in [5.74, 6) is 0.154. The highest BCUT2D eigenvalue weighted by Gasteiger charge is 2.08. The molecule has 5 nitrogen and oxygen atoms in total. The van der Waals surface area contributed by atoms with Crippen LogP contribution < -0.4 is 10.6 Å². The SMILES string of the molecule is COC(=O)Cc1ccccc1CNCC(=O)NCC(C)C. The fraction of sp³-hybridized carbons (Fsp3) is 0.500. The van der Waals surface area contributed by atoms with E-state index in [0.717, 1.165) is 11.1 Å². The first kappa shape index (κ1) is 17.2. The van der Waals surface area contributed by atoms with E-state index < -0.39 is 0 Å². The van der Waals surface area contributed by atoms with Crippen LogP contribution in [0.3, 0.4) is 0 Å². The molecule has 0 fully saturated rings. The molecule has 2 N–H and O–H groups in total. The zero-order chi connectivity index (χ0) is 15.7. The Morgan fingerprint density at radius 1 is 1.19 bits per heavy atom. The average Bonchev–Trinajstić information content (AvgIpc) is 2.46. The van der Waals surface area contributed by atoms with Crippen molar-refractivity contribution >= 4 is 11.9 Å². The molecule has 0 unspecified atom stereocenters. The van der Waals surface area contributed by atoms with Gasteiger partial charge in [0.25, 0.3) is 0 Å². The van der Waals surface area contributed by atoms with Gasteiger partial charge in [0.1, 0.15) is 0 Å². The van der Waals surface area contributed by atoms with Crippen LogP contribution in [0.1, 0.15) is 25.0 Å². The third-order valence-electron chi connectivity index (χ3n) is 2.99. The Balaban J connectivity index is 2.44. The zero-order valence-corrected chi connectivity index (χ0v) is 12.9. The summed E-state index contributed by atoms with van der Waals surface area (Å²) in [4.78, 5) is 23.0. The van der Waals surface area contributed by atoms with Gasteiger partial charge in [0, 0.05) is 13.1 Å². The van der Waals surface area contributed by atoms with Crippen LogP contribution in [0.5, 0.6) is 0 Å². The summed E-state index contributed by atoms with van der Waals surface area (Å²) in [5, 5.41) is 5.94. The molecule has 0 aliphatic rings. The van der Waals surface area contributed by atoms with Crippen molar-refractivity contribution < 1.29 is 14.3 Å². The lowest BCUT2D eigenvalue weighted by molar-refractivity contribution is -0.139. The van der Waals surface area contributed by atoms with Gasteiger partial charge in [0.15, 0.2) is 0 Å². The molecule has 0 saturated carbocycles. The van der Waals surface area contributed by atoms with Gasteiger partial charge in [-0.3, -0.25) is 9.59 Å². The molecule has 1 amide bonds. The second-order valence-electron chi connectivity index (χ2n) is 5.32. The van der Waals surface area contributed by atoms with E-state index in [-0.39, 0.29) is 24.8 Å². The van der Waals surface area contributed by atoms with Crippen molar-refractivity contribution in [2.75, 3.05) is 20.2 Å². The number of methoxy groups -OCH3 is 1. The number of hydrogen-bond acceptors (Lipinski definition) is 4. The van der Waals surface area contributed by atoms with Crippen LogP contribution in [0.2, 0.25) is 0 Å². The van der Waals surface area contributed by atoms with Gasteiger partial charge >= 0.3 is 5.97 Å². The molecular weight excluding hydrogens is 268 g/mol. The summed E-state index contributed by atoms with van der Waals surface area (Å²) in [6, 6.07) is 7.64. The maximum absolute atomic E-state index is 11.6. The second-order valence-corrected chi connectivity index (χ2v) is 5.32. The normalized spacial score (nSPS) is 10.5. The van der Waals surface area contributed by atoms with Gasteiger partial charge in [-0.05, 0) is 17.0 Å². The molecule has 21 heavy (non-hydrogen) atoms. The maximum Gasteiger partial charge on any atom is 0.309 e. The number of rotatable bonds is 8. The van der Waals surface area contributed by atoms with E-state index >= 15 is 0 Å². The van der Waals surface area contributed by atoms with Crippen molar-refractivity contribution in [1.82, 2.24) is 10.6 Å². The van der Waals surface area contributed by atoms with Crippen LogP contribution >= 0.6 is 0 Å². The summed E-state index contributed by atoms with van der Waals surface area (Å²) in [6.45, 7) is 5.59. The van der Waals surface area contributed by atoms with Gasteiger partial charge in [-0.25, -0.2) is 0 Å². The summed E-state index contributed by atoms with van der Waals surface area (Å²) in [7, 11) is 1.38. The van der Waals surface area contributed by atoms with Crippen molar-refractivity contribution in [3.8, 4) is 0 Å².